The zero-order valence-electron chi connectivity index (χ0n) is 14.8. The number of hydrogen-bond acceptors (Lipinski definition) is 5. The molecule has 3 aromatic rings. The normalized spacial score (nSPS) is 10.7. The smallest absolute Gasteiger partial charge is 0.253 e. The summed E-state index contributed by atoms with van der Waals surface area (Å²) >= 11 is 0. The maximum atomic E-state index is 12.3. The molecule has 0 atom stereocenters. The summed E-state index contributed by atoms with van der Waals surface area (Å²) < 4.78 is 7.14. The topological polar surface area (TPSA) is 71.8 Å². The van der Waals surface area contributed by atoms with Crippen LogP contribution in [0.1, 0.15) is 22.8 Å². The molecule has 0 radical (unpaired) electrons. The first-order valence-corrected chi connectivity index (χ1v) is 8.05. The summed E-state index contributed by atoms with van der Waals surface area (Å²) in [6, 6.07) is 9.18. The third-order valence-corrected chi connectivity index (χ3v) is 3.99. The fourth-order valence-electron chi connectivity index (χ4n) is 2.45. The summed E-state index contributed by atoms with van der Waals surface area (Å²) in [6.07, 6.45) is 1.91. The van der Waals surface area contributed by atoms with Gasteiger partial charge in [-0.2, -0.15) is 4.98 Å². The van der Waals surface area contributed by atoms with E-state index in [1.165, 1.54) is 0 Å². The number of rotatable bonds is 5. The summed E-state index contributed by atoms with van der Waals surface area (Å²) in [6.45, 7) is 4.58. The van der Waals surface area contributed by atoms with Gasteiger partial charge in [0.15, 0.2) is 5.65 Å². The van der Waals surface area contributed by atoms with Gasteiger partial charge < -0.3 is 15.0 Å². The van der Waals surface area contributed by atoms with Crippen molar-refractivity contribution in [3.63, 3.8) is 0 Å². The second kappa shape index (κ2) is 6.80. The zero-order chi connectivity index (χ0) is 18.0. The molecule has 0 aliphatic carbocycles. The molecular formula is C18H21N5O2. The molecule has 3 rings (SSSR count). The summed E-state index contributed by atoms with van der Waals surface area (Å²) in [5.41, 5.74) is 3.13. The summed E-state index contributed by atoms with van der Waals surface area (Å²) in [4.78, 5) is 18.4. The molecule has 0 aliphatic rings. The van der Waals surface area contributed by atoms with Gasteiger partial charge in [0.25, 0.3) is 5.91 Å². The minimum absolute atomic E-state index is 0.0475. The number of methoxy groups -OCH3 is 1. The largest absolute Gasteiger partial charge is 0.495 e. The number of pyridine rings is 1. The molecule has 1 N–H and O–H groups in total. The van der Waals surface area contributed by atoms with Gasteiger partial charge in [0, 0.05) is 25.4 Å². The Bertz CT molecular complexity index is 919. The van der Waals surface area contributed by atoms with Gasteiger partial charge in [-0.05, 0) is 43.7 Å². The number of aryl methyl sites for hydroxylation is 1. The molecule has 0 fully saturated rings. The van der Waals surface area contributed by atoms with Gasteiger partial charge in [0.1, 0.15) is 5.75 Å². The number of fused-ring (bicyclic) bond motifs is 1. The number of anilines is 2. The van der Waals surface area contributed by atoms with Crippen LogP contribution in [0.2, 0.25) is 0 Å². The predicted octanol–water partition coefficient (Wildman–Crippen LogP) is 2.88. The Kier molecular flexibility index (Phi) is 4.56. The molecule has 0 spiro atoms. The van der Waals surface area contributed by atoms with Gasteiger partial charge in [-0.3, -0.25) is 4.79 Å². The minimum Gasteiger partial charge on any atom is -0.495 e. The van der Waals surface area contributed by atoms with Gasteiger partial charge in [-0.1, -0.05) is 6.07 Å². The number of carbonyl (C=O) groups is 1. The van der Waals surface area contributed by atoms with Crippen molar-refractivity contribution in [3.8, 4) is 5.75 Å². The number of carbonyl (C=O) groups excluding carboxylic acids is 1. The second-order valence-electron chi connectivity index (χ2n) is 5.80. The van der Waals surface area contributed by atoms with Crippen molar-refractivity contribution >= 4 is 23.2 Å². The van der Waals surface area contributed by atoms with Gasteiger partial charge in [-0.15, -0.1) is 5.10 Å². The first-order chi connectivity index (χ1) is 12.0. The van der Waals surface area contributed by atoms with Crippen LogP contribution >= 0.6 is 0 Å². The highest BCUT2D eigenvalue weighted by Crippen LogP contribution is 2.28. The van der Waals surface area contributed by atoms with Crippen LogP contribution in [0.3, 0.4) is 0 Å². The average molecular weight is 339 g/mol. The number of amides is 1. The van der Waals surface area contributed by atoms with Crippen LogP contribution in [0.5, 0.6) is 5.75 Å². The van der Waals surface area contributed by atoms with Crippen molar-refractivity contribution in [2.75, 3.05) is 26.0 Å². The van der Waals surface area contributed by atoms with E-state index in [2.05, 4.69) is 15.4 Å². The van der Waals surface area contributed by atoms with Crippen LogP contribution in [-0.4, -0.2) is 46.1 Å². The summed E-state index contributed by atoms with van der Waals surface area (Å²) in [5, 5.41) is 7.56. The minimum atomic E-state index is -0.0475. The number of benzene rings is 1. The van der Waals surface area contributed by atoms with Gasteiger partial charge >= 0.3 is 0 Å². The molecule has 7 heteroatoms. The molecule has 130 valence electrons. The maximum absolute atomic E-state index is 12.3. The summed E-state index contributed by atoms with van der Waals surface area (Å²) in [7, 11) is 3.34. The monoisotopic (exact) mass is 339 g/mol. The van der Waals surface area contributed by atoms with E-state index in [4.69, 9.17) is 4.74 Å². The highest BCUT2D eigenvalue weighted by molar-refractivity contribution is 5.95. The number of nitrogens with one attached hydrogen (secondary N) is 1. The van der Waals surface area contributed by atoms with Crippen molar-refractivity contribution in [1.82, 2.24) is 19.5 Å². The van der Waals surface area contributed by atoms with Crippen LogP contribution in [0, 0.1) is 6.92 Å². The van der Waals surface area contributed by atoms with Crippen molar-refractivity contribution in [2.24, 2.45) is 0 Å². The fraction of sp³-hybridized carbons (Fsp3) is 0.278. The van der Waals surface area contributed by atoms with E-state index in [-0.39, 0.29) is 5.91 Å². The lowest BCUT2D eigenvalue weighted by atomic mass is 10.1. The maximum Gasteiger partial charge on any atom is 0.253 e. The molecule has 2 aromatic heterocycles. The number of hydrogen-bond donors (Lipinski definition) is 1. The molecule has 1 amide bonds. The molecule has 2 heterocycles. The molecule has 0 bridgehead atoms. The highest BCUT2D eigenvalue weighted by Gasteiger charge is 2.14. The van der Waals surface area contributed by atoms with E-state index < -0.39 is 0 Å². The number of nitrogens with zero attached hydrogens (tertiary/aromatic N) is 4. The lowest BCUT2D eigenvalue weighted by molar-refractivity contribution is 0.0802. The third-order valence-electron chi connectivity index (χ3n) is 3.99. The molecule has 0 unspecified atom stereocenters. The van der Waals surface area contributed by atoms with Gasteiger partial charge in [0.2, 0.25) is 5.95 Å². The molecular weight excluding hydrogens is 318 g/mol. The number of ether oxygens (including phenoxy) is 1. The predicted molar refractivity (Wildman–Crippen MR) is 96.6 cm³/mol. The first-order valence-electron chi connectivity index (χ1n) is 8.05. The molecule has 0 aliphatic heterocycles. The lowest BCUT2D eigenvalue weighted by Crippen LogP contribution is -2.26. The zero-order valence-corrected chi connectivity index (χ0v) is 14.8. The van der Waals surface area contributed by atoms with Crippen molar-refractivity contribution < 1.29 is 9.53 Å². The van der Waals surface area contributed by atoms with Crippen LogP contribution in [0.4, 0.5) is 11.6 Å². The fourth-order valence-corrected chi connectivity index (χ4v) is 2.45. The van der Waals surface area contributed by atoms with E-state index in [1.807, 2.05) is 32.2 Å². The van der Waals surface area contributed by atoms with Crippen LogP contribution in [-0.2, 0) is 0 Å². The molecule has 25 heavy (non-hydrogen) atoms. The van der Waals surface area contributed by atoms with E-state index in [0.29, 0.717) is 29.5 Å². The Morgan fingerprint density at radius 1 is 1.32 bits per heavy atom. The van der Waals surface area contributed by atoms with E-state index in [9.17, 15) is 4.79 Å². The lowest BCUT2D eigenvalue weighted by Gasteiger charge is -2.16. The Morgan fingerprint density at radius 2 is 2.12 bits per heavy atom. The Morgan fingerprint density at radius 3 is 2.84 bits per heavy atom. The van der Waals surface area contributed by atoms with Crippen LogP contribution in [0.25, 0.3) is 5.65 Å². The van der Waals surface area contributed by atoms with Crippen molar-refractivity contribution in [1.29, 1.82) is 0 Å². The molecule has 0 saturated carbocycles. The molecule has 0 saturated heterocycles. The third kappa shape index (κ3) is 3.40. The Hall–Kier alpha value is -3.09. The summed E-state index contributed by atoms with van der Waals surface area (Å²) in [5.74, 6) is 0.979. The molecule has 7 nitrogen and oxygen atoms in total. The Balaban J connectivity index is 1.89. The SMILES string of the molecule is CCN(C)C(=O)c1ccc(Nc2nc3ccc(C)cn3n2)c(OC)c1. The van der Waals surface area contributed by atoms with E-state index in [1.54, 1.807) is 41.8 Å². The quantitative estimate of drug-likeness (QED) is 0.774. The van der Waals surface area contributed by atoms with E-state index in [0.717, 1.165) is 11.2 Å². The second-order valence-corrected chi connectivity index (χ2v) is 5.80. The first kappa shape index (κ1) is 16.8. The van der Waals surface area contributed by atoms with Crippen LogP contribution in [0.15, 0.2) is 36.5 Å². The van der Waals surface area contributed by atoms with E-state index >= 15 is 0 Å². The van der Waals surface area contributed by atoms with Crippen LogP contribution < -0.4 is 10.1 Å². The highest BCUT2D eigenvalue weighted by atomic mass is 16.5. The van der Waals surface area contributed by atoms with Gasteiger partial charge in [0.05, 0.1) is 12.8 Å². The number of aromatic nitrogens is 3. The average Bonchev–Trinajstić information content (AvgIpc) is 3.02. The van der Waals surface area contributed by atoms with Gasteiger partial charge in [-0.25, -0.2) is 4.52 Å². The van der Waals surface area contributed by atoms with Crippen molar-refractivity contribution in [2.45, 2.75) is 13.8 Å². The van der Waals surface area contributed by atoms with Crippen molar-refractivity contribution in [3.05, 3.63) is 47.7 Å². The molecule has 1 aromatic carbocycles. The standard InChI is InChI=1S/C18H21N5O2/c1-5-22(3)17(24)13-7-8-14(15(10-13)25-4)19-18-20-16-9-6-12(2)11-23(16)21-18/h6-11H,5H2,1-4H3,(H,19,21). The Labute approximate surface area is 146 Å².